The molecule has 100 valence electrons. The number of nitrogens with one attached hydrogen (secondary N) is 1. The summed E-state index contributed by atoms with van der Waals surface area (Å²) in [4.78, 5) is 3.85. The Balaban J connectivity index is 2.35. The number of hydrogen-bond acceptors (Lipinski definition) is 4. The third-order valence-electron chi connectivity index (χ3n) is 2.21. The molecule has 0 radical (unpaired) electrons. The van der Waals surface area contributed by atoms with E-state index < -0.39 is 10.0 Å². The van der Waals surface area contributed by atoms with Crippen molar-refractivity contribution in [3.05, 3.63) is 46.0 Å². The molecule has 3 N–H and O–H groups in total. The molecule has 2 aromatic rings. The molecule has 0 amide bonds. The van der Waals surface area contributed by atoms with Crippen molar-refractivity contribution in [3.63, 3.8) is 0 Å². The number of aromatic nitrogens is 1. The SMILES string of the molecule is Nc1ccc(NS(=O)(=O)c2ccc(Br)cc2Cl)nc1. The van der Waals surface area contributed by atoms with Crippen LogP contribution in [0.4, 0.5) is 11.5 Å². The second kappa shape index (κ2) is 5.36. The van der Waals surface area contributed by atoms with E-state index in [2.05, 4.69) is 25.6 Å². The summed E-state index contributed by atoms with van der Waals surface area (Å²) < 4.78 is 27.3. The van der Waals surface area contributed by atoms with E-state index in [1.165, 1.54) is 24.4 Å². The van der Waals surface area contributed by atoms with Gasteiger partial charge in [-0.25, -0.2) is 13.4 Å². The van der Waals surface area contributed by atoms with Gasteiger partial charge in [0.25, 0.3) is 10.0 Å². The molecular formula is C11H9BrClN3O2S. The van der Waals surface area contributed by atoms with Gasteiger partial charge in [0.05, 0.1) is 16.9 Å². The Hall–Kier alpha value is -1.31. The minimum Gasteiger partial charge on any atom is -0.397 e. The van der Waals surface area contributed by atoms with Gasteiger partial charge in [-0.05, 0) is 30.3 Å². The van der Waals surface area contributed by atoms with Crippen LogP contribution in [-0.4, -0.2) is 13.4 Å². The summed E-state index contributed by atoms with van der Waals surface area (Å²) in [5.74, 6) is 0.174. The quantitative estimate of drug-likeness (QED) is 0.879. The number of nitrogens with zero attached hydrogens (tertiary/aromatic N) is 1. The number of nitrogen functional groups attached to an aromatic ring is 1. The summed E-state index contributed by atoms with van der Waals surface area (Å²) in [6.45, 7) is 0. The van der Waals surface area contributed by atoms with Crippen LogP contribution in [0, 0.1) is 0 Å². The van der Waals surface area contributed by atoms with Gasteiger partial charge in [-0.15, -0.1) is 0 Å². The predicted octanol–water partition coefficient (Wildman–Crippen LogP) is 2.88. The van der Waals surface area contributed by atoms with Crippen LogP contribution in [0.15, 0.2) is 45.9 Å². The van der Waals surface area contributed by atoms with Crippen molar-refractivity contribution in [1.82, 2.24) is 4.98 Å². The largest absolute Gasteiger partial charge is 0.397 e. The van der Waals surface area contributed by atoms with Crippen LogP contribution >= 0.6 is 27.5 Å². The van der Waals surface area contributed by atoms with Gasteiger partial charge in [-0.1, -0.05) is 27.5 Å². The molecule has 0 saturated heterocycles. The van der Waals surface area contributed by atoms with Crippen molar-refractivity contribution < 1.29 is 8.42 Å². The lowest BCUT2D eigenvalue weighted by atomic mass is 10.4. The fourth-order valence-electron chi connectivity index (χ4n) is 1.35. The van der Waals surface area contributed by atoms with Crippen LogP contribution in [0.3, 0.4) is 0 Å². The monoisotopic (exact) mass is 361 g/mol. The zero-order valence-corrected chi connectivity index (χ0v) is 12.6. The first-order valence-corrected chi connectivity index (χ1v) is 7.73. The highest BCUT2D eigenvalue weighted by Crippen LogP contribution is 2.26. The van der Waals surface area contributed by atoms with Crippen LogP contribution in [0.25, 0.3) is 0 Å². The minimum atomic E-state index is -3.78. The molecule has 0 unspecified atom stereocenters. The summed E-state index contributed by atoms with van der Waals surface area (Å²) in [6.07, 6.45) is 1.36. The molecule has 5 nitrogen and oxygen atoms in total. The van der Waals surface area contributed by atoms with Gasteiger partial charge in [-0.3, -0.25) is 4.72 Å². The molecule has 2 rings (SSSR count). The van der Waals surface area contributed by atoms with Crippen LogP contribution in [0.2, 0.25) is 5.02 Å². The van der Waals surface area contributed by atoms with Gasteiger partial charge >= 0.3 is 0 Å². The van der Waals surface area contributed by atoms with E-state index in [9.17, 15) is 8.42 Å². The van der Waals surface area contributed by atoms with Gasteiger partial charge in [0.2, 0.25) is 0 Å². The Labute approximate surface area is 124 Å². The molecule has 0 aliphatic rings. The highest BCUT2D eigenvalue weighted by Gasteiger charge is 2.18. The van der Waals surface area contributed by atoms with Gasteiger partial charge in [0.1, 0.15) is 10.7 Å². The Bertz CT molecular complexity index is 704. The topological polar surface area (TPSA) is 85.1 Å². The summed E-state index contributed by atoms with van der Waals surface area (Å²) in [5.41, 5.74) is 5.92. The van der Waals surface area contributed by atoms with Crippen LogP contribution in [0.1, 0.15) is 0 Å². The van der Waals surface area contributed by atoms with Crippen molar-refractivity contribution in [2.75, 3.05) is 10.5 Å². The fraction of sp³-hybridized carbons (Fsp3) is 0. The van der Waals surface area contributed by atoms with E-state index >= 15 is 0 Å². The van der Waals surface area contributed by atoms with Crippen molar-refractivity contribution in [2.24, 2.45) is 0 Å². The molecule has 8 heteroatoms. The van der Waals surface area contributed by atoms with E-state index in [0.29, 0.717) is 10.2 Å². The highest BCUT2D eigenvalue weighted by atomic mass is 79.9. The number of sulfonamides is 1. The zero-order valence-electron chi connectivity index (χ0n) is 9.47. The first kappa shape index (κ1) is 14.1. The summed E-state index contributed by atoms with van der Waals surface area (Å²) >= 11 is 9.13. The van der Waals surface area contributed by atoms with Crippen LogP contribution in [-0.2, 0) is 10.0 Å². The third kappa shape index (κ3) is 3.37. The Morgan fingerprint density at radius 2 is 2.00 bits per heavy atom. The van der Waals surface area contributed by atoms with Gasteiger partial charge in [-0.2, -0.15) is 0 Å². The Kier molecular flexibility index (Phi) is 3.98. The maximum absolute atomic E-state index is 12.1. The predicted molar refractivity (Wildman–Crippen MR) is 78.6 cm³/mol. The van der Waals surface area contributed by atoms with Gasteiger partial charge < -0.3 is 5.73 Å². The van der Waals surface area contributed by atoms with Crippen molar-refractivity contribution in [3.8, 4) is 0 Å². The first-order chi connectivity index (χ1) is 8.88. The second-order valence-corrected chi connectivity index (χ2v) is 6.63. The number of pyridine rings is 1. The summed E-state index contributed by atoms with van der Waals surface area (Å²) in [7, 11) is -3.78. The Morgan fingerprint density at radius 1 is 1.26 bits per heavy atom. The first-order valence-electron chi connectivity index (χ1n) is 5.08. The second-order valence-electron chi connectivity index (χ2n) is 3.66. The Morgan fingerprint density at radius 3 is 2.58 bits per heavy atom. The number of benzene rings is 1. The standard InChI is InChI=1S/C11H9BrClN3O2S/c12-7-1-3-10(9(13)5-7)19(17,18)16-11-4-2-8(14)6-15-11/h1-6H,14H2,(H,15,16). The molecule has 0 bridgehead atoms. The average Bonchev–Trinajstić information content (AvgIpc) is 2.31. The number of nitrogens with two attached hydrogens (primary N) is 1. The highest BCUT2D eigenvalue weighted by molar-refractivity contribution is 9.10. The lowest BCUT2D eigenvalue weighted by Crippen LogP contribution is -2.14. The van der Waals surface area contributed by atoms with E-state index in [1.807, 2.05) is 0 Å². The molecular weight excluding hydrogens is 354 g/mol. The number of anilines is 2. The van der Waals surface area contributed by atoms with Crippen molar-refractivity contribution in [2.45, 2.75) is 4.90 Å². The average molecular weight is 363 g/mol. The van der Waals surface area contributed by atoms with E-state index in [4.69, 9.17) is 17.3 Å². The fourth-order valence-corrected chi connectivity index (χ4v) is 3.40. The molecule has 0 fully saturated rings. The van der Waals surface area contributed by atoms with E-state index in [1.54, 1.807) is 12.1 Å². The molecule has 1 aromatic heterocycles. The number of hydrogen-bond donors (Lipinski definition) is 2. The third-order valence-corrected chi connectivity index (χ3v) is 4.54. The molecule has 0 aliphatic heterocycles. The molecule has 0 atom stereocenters. The minimum absolute atomic E-state index is 0.0176. The maximum atomic E-state index is 12.1. The molecule has 1 heterocycles. The lowest BCUT2D eigenvalue weighted by molar-refractivity contribution is 0.601. The van der Waals surface area contributed by atoms with Gasteiger partial charge in [0.15, 0.2) is 0 Å². The molecule has 19 heavy (non-hydrogen) atoms. The summed E-state index contributed by atoms with van der Waals surface area (Å²) in [6, 6.07) is 7.53. The molecule has 1 aromatic carbocycles. The van der Waals surface area contributed by atoms with E-state index in [-0.39, 0.29) is 15.7 Å². The molecule has 0 spiro atoms. The van der Waals surface area contributed by atoms with Crippen LogP contribution < -0.4 is 10.5 Å². The summed E-state index contributed by atoms with van der Waals surface area (Å²) in [5, 5.41) is 0.123. The maximum Gasteiger partial charge on any atom is 0.264 e. The van der Waals surface area contributed by atoms with Crippen molar-refractivity contribution >= 4 is 49.1 Å². The lowest BCUT2D eigenvalue weighted by Gasteiger charge is -2.09. The number of rotatable bonds is 3. The number of halogens is 2. The van der Waals surface area contributed by atoms with Crippen molar-refractivity contribution in [1.29, 1.82) is 0 Å². The molecule has 0 aliphatic carbocycles. The smallest absolute Gasteiger partial charge is 0.264 e. The molecule has 0 saturated carbocycles. The zero-order chi connectivity index (χ0) is 14.0. The normalized spacial score (nSPS) is 11.3. The van der Waals surface area contributed by atoms with Crippen LogP contribution in [0.5, 0.6) is 0 Å². The van der Waals surface area contributed by atoms with E-state index in [0.717, 1.165) is 0 Å². The van der Waals surface area contributed by atoms with Gasteiger partial charge in [0, 0.05) is 4.47 Å².